The third kappa shape index (κ3) is 5.32. The summed E-state index contributed by atoms with van der Waals surface area (Å²) < 4.78 is 35.2. The van der Waals surface area contributed by atoms with Gasteiger partial charge in [-0.15, -0.1) is 0 Å². The number of benzene rings is 1. The lowest BCUT2D eigenvalue weighted by Gasteiger charge is -2.14. The summed E-state index contributed by atoms with van der Waals surface area (Å²) >= 11 is 3.32. The molecule has 0 bridgehead atoms. The number of rotatable bonds is 8. The molecule has 6 heteroatoms. The highest BCUT2D eigenvalue weighted by Crippen LogP contribution is 2.36. The zero-order valence-corrected chi connectivity index (χ0v) is 12.6. The normalized spacial score (nSPS) is 10.8. The van der Waals surface area contributed by atoms with Crippen LogP contribution >= 0.6 is 15.9 Å². The van der Waals surface area contributed by atoms with Crippen molar-refractivity contribution in [2.45, 2.75) is 26.3 Å². The van der Waals surface area contributed by atoms with Crippen LogP contribution in [0.4, 0.5) is 8.78 Å². The highest BCUT2D eigenvalue weighted by atomic mass is 79.9. The van der Waals surface area contributed by atoms with Gasteiger partial charge in [0, 0.05) is 6.54 Å². The van der Waals surface area contributed by atoms with E-state index in [1.807, 2.05) is 6.07 Å². The Kier molecular flexibility index (Phi) is 7.09. The van der Waals surface area contributed by atoms with Crippen molar-refractivity contribution >= 4 is 15.9 Å². The SMILES string of the molecule is CCCNCc1cc(Br)c(OCC(F)F)c(OC)c1. The number of halogens is 3. The van der Waals surface area contributed by atoms with Gasteiger partial charge in [-0.05, 0) is 46.6 Å². The van der Waals surface area contributed by atoms with Crippen LogP contribution in [0.1, 0.15) is 18.9 Å². The number of methoxy groups -OCH3 is 1. The Morgan fingerprint density at radius 1 is 1.37 bits per heavy atom. The third-order valence-electron chi connectivity index (χ3n) is 2.40. The molecule has 0 radical (unpaired) electrons. The maximum atomic E-state index is 12.2. The first-order chi connectivity index (χ1) is 9.08. The molecule has 0 fully saturated rings. The lowest BCUT2D eigenvalue weighted by molar-refractivity contribution is 0.0800. The molecule has 0 amide bonds. The van der Waals surface area contributed by atoms with Crippen molar-refractivity contribution < 1.29 is 18.3 Å². The smallest absolute Gasteiger partial charge is 0.272 e. The summed E-state index contributed by atoms with van der Waals surface area (Å²) in [5.41, 5.74) is 1.00. The van der Waals surface area contributed by atoms with E-state index < -0.39 is 13.0 Å². The fourth-order valence-corrected chi connectivity index (χ4v) is 2.18. The summed E-state index contributed by atoms with van der Waals surface area (Å²) in [6, 6.07) is 3.63. The van der Waals surface area contributed by atoms with E-state index in [-0.39, 0.29) is 0 Å². The van der Waals surface area contributed by atoms with Crippen molar-refractivity contribution in [1.82, 2.24) is 5.32 Å². The minimum Gasteiger partial charge on any atom is -0.493 e. The first-order valence-electron chi connectivity index (χ1n) is 6.06. The Balaban J connectivity index is 2.81. The molecule has 0 unspecified atom stereocenters. The second-order valence-electron chi connectivity index (χ2n) is 3.99. The molecule has 0 aliphatic heterocycles. The van der Waals surface area contributed by atoms with Gasteiger partial charge >= 0.3 is 0 Å². The van der Waals surface area contributed by atoms with Crippen LogP contribution in [0.5, 0.6) is 11.5 Å². The Bertz CT molecular complexity index is 402. The predicted molar refractivity (Wildman–Crippen MR) is 74.2 cm³/mol. The van der Waals surface area contributed by atoms with Gasteiger partial charge in [0.15, 0.2) is 11.5 Å². The van der Waals surface area contributed by atoms with Gasteiger partial charge in [-0.25, -0.2) is 8.78 Å². The second-order valence-corrected chi connectivity index (χ2v) is 4.84. The van der Waals surface area contributed by atoms with Crippen LogP contribution in [0.3, 0.4) is 0 Å². The van der Waals surface area contributed by atoms with Crippen molar-refractivity contribution in [2.24, 2.45) is 0 Å². The maximum Gasteiger partial charge on any atom is 0.272 e. The zero-order valence-electron chi connectivity index (χ0n) is 11.0. The van der Waals surface area contributed by atoms with Crippen LogP contribution in [0, 0.1) is 0 Å². The number of ether oxygens (including phenoxy) is 2. The molecule has 1 rings (SSSR count). The molecule has 3 nitrogen and oxygen atoms in total. The van der Waals surface area contributed by atoms with E-state index in [1.54, 1.807) is 6.07 Å². The molecule has 0 aliphatic rings. The number of hydrogen-bond donors (Lipinski definition) is 1. The summed E-state index contributed by atoms with van der Waals surface area (Å²) in [6.45, 7) is 3.05. The Hall–Kier alpha value is -0.880. The first kappa shape index (κ1) is 16.2. The number of alkyl halides is 2. The van der Waals surface area contributed by atoms with Crippen molar-refractivity contribution in [3.8, 4) is 11.5 Å². The van der Waals surface area contributed by atoms with E-state index in [0.29, 0.717) is 22.5 Å². The zero-order chi connectivity index (χ0) is 14.3. The summed E-state index contributed by atoms with van der Waals surface area (Å²) in [6.07, 6.45) is -1.46. The van der Waals surface area contributed by atoms with Crippen molar-refractivity contribution in [2.75, 3.05) is 20.3 Å². The molecule has 0 heterocycles. The highest BCUT2D eigenvalue weighted by Gasteiger charge is 2.13. The fourth-order valence-electron chi connectivity index (χ4n) is 1.57. The van der Waals surface area contributed by atoms with E-state index in [2.05, 4.69) is 28.2 Å². The molecule has 1 aromatic rings. The standard InChI is InChI=1S/C13H18BrF2NO2/c1-3-4-17-7-9-5-10(14)13(11(6-9)18-2)19-8-12(15)16/h5-6,12,17H,3-4,7-8H2,1-2H3. The van der Waals surface area contributed by atoms with Gasteiger partial charge in [-0.1, -0.05) is 6.92 Å². The lowest BCUT2D eigenvalue weighted by Crippen LogP contribution is -2.14. The topological polar surface area (TPSA) is 30.5 Å². The van der Waals surface area contributed by atoms with Gasteiger partial charge in [-0.2, -0.15) is 0 Å². The minimum absolute atomic E-state index is 0.307. The molecule has 19 heavy (non-hydrogen) atoms. The molecule has 0 saturated carbocycles. The third-order valence-corrected chi connectivity index (χ3v) is 2.99. The number of nitrogens with one attached hydrogen (secondary N) is 1. The van der Waals surface area contributed by atoms with Gasteiger partial charge < -0.3 is 14.8 Å². The molecule has 1 N–H and O–H groups in total. The molecule has 108 valence electrons. The van der Waals surface area contributed by atoms with E-state index >= 15 is 0 Å². The fraction of sp³-hybridized carbons (Fsp3) is 0.538. The quantitative estimate of drug-likeness (QED) is 0.735. The monoisotopic (exact) mass is 337 g/mol. The van der Waals surface area contributed by atoms with Crippen LogP contribution < -0.4 is 14.8 Å². The summed E-state index contributed by atoms with van der Waals surface area (Å²) in [7, 11) is 1.49. The van der Waals surface area contributed by atoms with E-state index in [9.17, 15) is 8.78 Å². The lowest BCUT2D eigenvalue weighted by atomic mass is 10.2. The molecular formula is C13H18BrF2NO2. The van der Waals surface area contributed by atoms with E-state index in [1.165, 1.54) is 7.11 Å². The highest BCUT2D eigenvalue weighted by molar-refractivity contribution is 9.10. The number of hydrogen-bond acceptors (Lipinski definition) is 3. The van der Waals surface area contributed by atoms with Crippen molar-refractivity contribution in [1.29, 1.82) is 0 Å². The van der Waals surface area contributed by atoms with E-state index in [0.717, 1.165) is 18.5 Å². The van der Waals surface area contributed by atoms with Gasteiger partial charge in [0.05, 0.1) is 11.6 Å². The average molecular weight is 338 g/mol. The van der Waals surface area contributed by atoms with Crippen LogP contribution in [0.25, 0.3) is 0 Å². The predicted octanol–water partition coefficient (Wildman–Crippen LogP) is 3.60. The van der Waals surface area contributed by atoms with Gasteiger partial charge in [-0.3, -0.25) is 0 Å². The molecule has 1 aromatic carbocycles. The van der Waals surface area contributed by atoms with Crippen LogP contribution in [-0.4, -0.2) is 26.7 Å². The molecular weight excluding hydrogens is 320 g/mol. The van der Waals surface area contributed by atoms with Crippen molar-refractivity contribution in [3.63, 3.8) is 0 Å². The van der Waals surface area contributed by atoms with Crippen molar-refractivity contribution in [3.05, 3.63) is 22.2 Å². The van der Waals surface area contributed by atoms with E-state index in [4.69, 9.17) is 9.47 Å². The largest absolute Gasteiger partial charge is 0.493 e. The minimum atomic E-state index is -2.51. The van der Waals surface area contributed by atoms with Crippen LogP contribution in [0.15, 0.2) is 16.6 Å². The molecule has 0 aromatic heterocycles. The Morgan fingerprint density at radius 3 is 2.68 bits per heavy atom. The van der Waals surface area contributed by atoms with Crippen LogP contribution in [-0.2, 0) is 6.54 Å². The van der Waals surface area contributed by atoms with Gasteiger partial charge in [0.1, 0.15) is 6.61 Å². The van der Waals surface area contributed by atoms with Crippen LogP contribution in [0.2, 0.25) is 0 Å². The Labute approximate surface area is 120 Å². The molecule has 0 spiro atoms. The first-order valence-corrected chi connectivity index (χ1v) is 6.85. The molecule has 0 atom stereocenters. The Morgan fingerprint density at radius 2 is 2.11 bits per heavy atom. The molecule has 0 aliphatic carbocycles. The average Bonchev–Trinajstić information content (AvgIpc) is 2.37. The summed E-state index contributed by atoms with van der Waals surface area (Å²) in [5.74, 6) is 0.755. The van der Waals surface area contributed by atoms with Gasteiger partial charge in [0.2, 0.25) is 0 Å². The molecule has 0 saturated heterocycles. The van der Waals surface area contributed by atoms with Gasteiger partial charge in [0.25, 0.3) is 6.43 Å². The summed E-state index contributed by atoms with van der Waals surface area (Å²) in [5, 5.41) is 3.26. The maximum absolute atomic E-state index is 12.2. The summed E-state index contributed by atoms with van der Waals surface area (Å²) in [4.78, 5) is 0. The second kappa shape index (κ2) is 8.32.